The van der Waals surface area contributed by atoms with Crippen molar-refractivity contribution in [2.45, 2.75) is 46.1 Å². The van der Waals surface area contributed by atoms with Crippen molar-refractivity contribution in [3.8, 4) is 0 Å². The third kappa shape index (κ3) is 5.43. The highest BCUT2D eigenvalue weighted by atomic mass is 16.1. The summed E-state index contributed by atoms with van der Waals surface area (Å²) < 4.78 is 0. The lowest BCUT2D eigenvalue weighted by Crippen LogP contribution is -2.39. The maximum atomic E-state index is 11.9. The molecule has 106 valence electrons. The average Bonchev–Trinajstić information content (AvgIpc) is 2.37. The van der Waals surface area contributed by atoms with E-state index in [1.54, 1.807) is 0 Å². The molecule has 0 spiro atoms. The molecule has 0 aromatic heterocycles. The van der Waals surface area contributed by atoms with Gasteiger partial charge >= 0.3 is 0 Å². The van der Waals surface area contributed by atoms with Crippen LogP contribution in [0.25, 0.3) is 0 Å². The predicted octanol–water partition coefficient (Wildman–Crippen LogP) is 2.60. The number of amides is 1. The normalized spacial score (nSPS) is 13.9. The summed E-state index contributed by atoms with van der Waals surface area (Å²) in [5, 5.41) is 6.27. The van der Waals surface area contributed by atoms with Crippen LogP contribution in [-0.4, -0.2) is 25.0 Å². The zero-order chi connectivity index (χ0) is 14.3. The van der Waals surface area contributed by atoms with Crippen LogP contribution in [0.1, 0.15) is 44.2 Å². The quantitative estimate of drug-likeness (QED) is 0.793. The minimum atomic E-state index is 0.125. The average molecular weight is 262 g/mol. The minimum absolute atomic E-state index is 0.125. The number of hydrogen-bond donors (Lipinski definition) is 2. The van der Waals surface area contributed by atoms with Crippen LogP contribution in [0.4, 0.5) is 0 Å². The molecular formula is C16H26N2O. The van der Waals surface area contributed by atoms with Gasteiger partial charge in [0.05, 0.1) is 0 Å². The van der Waals surface area contributed by atoms with Crippen molar-refractivity contribution in [1.82, 2.24) is 10.6 Å². The van der Waals surface area contributed by atoms with E-state index in [0.29, 0.717) is 19.0 Å². The Balaban J connectivity index is 2.42. The largest absolute Gasteiger partial charge is 0.355 e. The lowest BCUT2D eigenvalue weighted by molar-refractivity contribution is -0.121. The molecule has 0 aliphatic rings. The van der Waals surface area contributed by atoms with Crippen molar-refractivity contribution in [1.29, 1.82) is 0 Å². The third-order valence-electron chi connectivity index (χ3n) is 3.37. The molecule has 1 aromatic carbocycles. The van der Waals surface area contributed by atoms with Crippen molar-refractivity contribution in [2.24, 2.45) is 0 Å². The van der Waals surface area contributed by atoms with Gasteiger partial charge < -0.3 is 10.6 Å². The molecule has 1 amide bonds. The third-order valence-corrected chi connectivity index (χ3v) is 3.37. The number of hydrogen-bond acceptors (Lipinski definition) is 2. The summed E-state index contributed by atoms with van der Waals surface area (Å²) in [6.07, 6.45) is 0.545. The highest BCUT2D eigenvalue weighted by molar-refractivity contribution is 5.76. The molecule has 0 radical (unpaired) electrons. The molecule has 2 atom stereocenters. The Bertz CT molecular complexity index is 403. The van der Waals surface area contributed by atoms with Crippen LogP contribution in [0.15, 0.2) is 24.3 Å². The lowest BCUT2D eigenvalue weighted by Gasteiger charge is -2.16. The van der Waals surface area contributed by atoms with Crippen molar-refractivity contribution < 1.29 is 4.79 Å². The molecule has 3 heteroatoms. The van der Waals surface area contributed by atoms with E-state index in [0.717, 1.165) is 6.54 Å². The van der Waals surface area contributed by atoms with Gasteiger partial charge in [0.2, 0.25) is 5.91 Å². The summed E-state index contributed by atoms with van der Waals surface area (Å²) in [5.41, 5.74) is 2.51. The Kier molecular flexibility index (Phi) is 6.57. The van der Waals surface area contributed by atoms with Crippen LogP contribution in [0.3, 0.4) is 0 Å². The van der Waals surface area contributed by atoms with Gasteiger partial charge in [0, 0.05) is 19.0 Å². The molecule has 1 unspecified atom stereocenters. The highest BCUT2D eigenvalue weighted by Gasteiger charge is 2.13. The fourth-order valence-corrected chi connectivity index (χ4v) is 2.29. The SMILES string of the molecule is CCN[C@H](C)CNC(=O)CC(C)c1ccccc1C. The minimum Gasteiger partial charge on any atom is -0.355 e. The number of likely N-dealkylation sites (N-methyl/N-ethyl adjacent to an activating group) is 1. The second-order valence-electron chi connectivity index (χ2n) is 5.22. The van der Waals surface area contributed by atoms with Gasteiger partial charge in [0.25, 0.3) is 0 Å². The summed E-state index contributed by atoms with van der Waals surface area (Å²) >= 11 is 0. The monoisotopic (exact) mass is 262 g/mol. The summed E-state index contributed by atoms with van der Waals surface area (Å²) in [4.78, 5) is 11.9. The number of rotatable bonds is 7. The molecule has 2 N–H and O–H groups in total. The first-order valence-corrected chi connectivity index (χ1v) is 7.10. The van der Waals surface area contributed by atoms with Crippen LogP contribution in [0.5, 0.6) is 0 Å². The Labute approximate surface area is 116 Å². The van der Waals surface area contributed by atoms with E-state index >= 15 is 0 Å². The molecule has 1 rings (SSSR count). The topological polar surface area (TPSA) is 41.1 Å². The standard InChI is InChI=1S/C16H26N2O/c1-5-17-14(4)11-18-16(19)10-13(3)15-9-7-6-8-12(15)2/h6-9,13-14,17H,5,10-11H2,1-4H3,(H,18,19)/t13?,14-/m1/s1. The first-order valence-electron chi connectivity index (χ1n) is 7.10. The van der Waals surface area contributed by atoms with Gasteiger partial charge in [-0.15, -0.1) is 0 Å². The van der Waals surface area contributed by atoms with Gasteiger partial charge in [-0.1, -0.05) is 38.1 Å². The molecule has 0 saturated carbocycles. The Hall–Kier alpha value is -1.35. The van der Waals surface area contributed by atoms with Crippen molar-refractivity contribution in [3.63, 3.8) is 0 Å². The molecule has 0 aliphatic carbocycles. The summed E-state index contributed by atoms with van der Waals surface area (Å²) in [5.74, 6) is 0.385. The van der Waals surface area contributed by atoms with E-state index in [1.165, 1.54) is 11.1 Å². The van der Waals surface area contributed by atoms with Crippen molar-refractivity contribution in [2.75, 3.05) is 13.1 Å². The van der Waals surface area contributed by atoms with Crippen LogP contribution in [0.2, 0.25) is 0 Å². The zero-order valence-corrected chi connectivity index (χ0v) is 12.5. The smallest absolute Gasteiger partial charge is 0.220 e. The summed E-state index contributed by atoms with van der Waals surface area (Å²) in [7, 11) is 0. The number of carbonyl (C=O) groups is 1. The van der Waals surface area contributed by atoms with E-state index in [1.807, 2.05) is 12.1 Å². The van der Waals surface area contributed by atoms with Gasteiger partial charge in [-0.2, -0.15) is 0 Å². The molecule has 1 aromatic rings. The molecular weight excluding hydrogens is 236 g/mol. The Morgan fingerprint density at radius 2 is 1.95 bits per heavy atom. The fraction of sp³-hybridized carbons (Fsp3) is 0.562. The maximum Gasteiger partial charge on any atom is 0.220 e. The van der Waals surface area contributed by atoms with E-state index in [4.69, 9.17) is 0 Å². The molecule has 0 bridgehead atoms. The van der Waals surface area contributed by atoms with Gasteiger partial charge in [-0.05, 0) is 37.4 Å². The number of nitrogens with one attached hydrogen (secondary N) is 2. The van der Waals surface area contributed by atoms with E-state index < -0.39 is 0 Å². The van der Waals surface area contributed by atoms with E-state index in [2.05, 4.69) is 50.5 Å². The second kappa shape index (κ2) is 7.95. The molecule has 0 fully saturated rings. The van der Waals surface area contributed by atoms with Gasteiger partial charge in [0.1, 0.15) is 0 Å². The molecule has 0 aliphatic heterocycles. The van der Waals surface area contributed by atoms with E-state index in [-0.39, 0.29) is 11.8 Å². The Morgan fingerprint density at radius 3 is 2.58 bits per heavy atom. The molecule has 19 heavy (non-hydrogen) atoms. The van der Waals surface area contributed by atoms with Crippen LogP contribution < -0.4 is 10.6 Å². The van der Waals surface area contributed by atoms with Crippen LogP contribution in [0, 0.1) is 6.92 Å². The summed E-state index contributed by atoms with van der Waals surface area (Å²) in [6, 6.07) is 8.59. The number of carbonyl (C=O) groups excluding carboxylic acids is 1. The summed E-state index contributed by atoms with van der Waals surface area (Å²) in [6.45, 7) is 9.96. The number of benzene rings is 1. The second-order valence-corrected chi connectivity index (χ2v) is 5.22. The van der Waals surface area contributed by atoms with Crippen molar-refractivity contribution >= 4 is 5.91 Å². The van der Waals surface area contributed by atoms with Gasteiger partial charge in [-0.25, -0.2) is 0 Å². The highest BCUT2D eigenvalue weighted by Crippen LogP contribution is 2.21. The Morgan fingerprint density at radius 1 is 1.26 bits per heavy atom. The lowest BCUT2D eigenvalue weighted by atomic mass is 9.93. The van der Waals surface area contributed by atoms with Crippen molar-refractivity contribution in [3.05, 3.63) is 35.4 Å². The fourth-order valence-electron chi connectivity index (χ4n) is 2.29. The van der Waals surface area contributed by atoms with Gasteiger partial charge in [0.15, 0.2) is 0 Å². The number of aryl methyl sites for hydroxylation is 1. The maximum absolute atomic E-state index is 11.9. The predicted molar refractivity (Wildman–Crippen MR) is 80.4 cm³/mol. The van der Waals surface area contributed by atoms with Gasteiger partial charge in [-0.3, -0.25) is 4.79 Å². The zero-order valence-electron chi connectivity index (χ0n) is 12.5. The van der Waals surface area contributed by atoms with Crippen LogP contribution >= 0.6 is 0 Å². The molecule has 0 saturated heterocycles. The van der Waals surface area contributed by atoms with Crippen LogP contribution in [-0.2, 0) is 4.79 Å². The molecule has 0 heterocycles. The molecule has 3 nitrogen and oxygen atoms in total. The first kappa shape index (κ1) is 15.7. The van der Waals surface area contributed by atoms with E-state index in [9.17, 15) is 4.79 Å². The first-order chi connectivity index (χ1) is 9.04.